The first kappa shape index (κ1) is 25.3. The molecule has 2 aromatic heterocycles. The summed E-state index contributed by atoms with van der Waals surface area (Å²) in [6, 6.07) is 14.5. The molecule has 4 rings (SSSR count). The molecule has 0 aliphatic heterocycles. The van der Waals surface area contributed by atoms with E-state index >= 15 is 0 Å². The van der Waals surface area contributed by atoms with Gasteiger partial charge in [-0.1, -0.05) is 57.2 Å². The van der Waals surface area contributed by atoms with E-state index in [9.17, 15) is 14.4 Å². The lowest BCUT2D eigenvalue weighted by Crippen LogP contribution is -2.33. The van der Waals surface area contributed by atoms with Crippen molar-refractivity contribution in [2.24, 2.45) is 0 Å². The normalized spacial score (nSPS) is 12.1. The lowest BCUT2D eigenvalue weighted by molar-refractivity contribution is -0.119. The van der Waals surface area contributed by atoms with E-state index in [4.69, 9.17) is 0 Å². The van der Waals surface area contributed by atoms with E-state index in [1.807, 2.05) is 62.4 Å². The summed E-state index contributed by atoms with van der Waals surface area (Å²) in [4.78, 5) is 45.2. The van der Waals surface area contributed by atoms with Crippen LogP contribution in [-0.2, 0) is 4.79 Å². The molecule has 0 spiro atoms. The molecule has 1 atom stereocenters. The average Bonchev–Trinajstić information content (AvgIpc) is 3.19. The second-order valence-corrected chi connectivity index (χ2v) is 10.1. The summed E-state index contributed by atoms with van der Waals surface area (Å²) in [5.74, 6) is -0.329. The van der Waals surface area contributed by atoms with Crippen LogP contribution in [0.3, 0.4) is 0 Å². The highest BCUT2D eigenvalue weighted by molar-refractivity contribution is 7.20. The van der Waals surface area contributed by atoms with Gasteiger partial charge in [-0.25, -0.2) is 4.98 Å². The molecule has 0 radical (unpaired) electrons. The van der Waals surface area contributed by atoms with Crippen LogP contribution in [0.15, 0.2) is 59.7 Å². The van der Waals surface area contributed by atoms with Gasteiger partial charge < -0.3 is 10.6 Å². The molecule has 0 saturated heterocycles. The molecule has 1 unspecified atom stereocenters. The van der Waals surface area contributed by atoms with Crippen molar-refractivity contribution >= 4 is 44.7 Å². The van der Waals surface area contributed by atoms with Gasteiger partial charge in [0.2, 0.25) is 5.91 Å². The SMILES string of the molecule is CCC(C(=O)Nc1ccccc1C(C)C)n1cnc2sc(C(=O)Nc3ccccc3C)c(C)c2c1=O. The highest BCUT2D eigenvalue weighted by Crippen LogP contribution is 2.29. The third-order valence-electron chi connectivity index (χ3n) is 6.34. The Morgan fingerprint density at radius 3 is 2.33 bits per heavy atom. The molecule has 4 aromatic rings. The predicted octanol–water partition coefficient (Wildman–Crippen LogP) is 6.04. The summed E-state index contributed by atoms with van der Waals surface area (Å²) in [6.07, 6.45) is 1.82. The minimum atomic E-state index is -0.738. The summed E-state index contributed by atoms with van der Waals surface area (Å²) < 4.78 is 1.37. The van der Waals surface area contributed by atoms with Crippen molar-refractivity contribution in [3.63, 3.8) is 0 Å². The number of anilines is 2. The van der Waals surface area contributed by atoms with E-state index < -0.39 is 6.04 Å². The zero-order valence-corrected chi connectivity index (χ0v) is 21.9. The molecule has 2 N–H and O–H groups in total. The first-order chi connectivity index (χ1) is 17.2. The Bertz CT molecular complexity index is 1500. The molecule has 0 fully saturated rings. The standard InChI is InChI=1S/C28H30N4O3S/c1-6-22(25(33)31-21-14-10-8-12-19(21)16(2)3)32-15-29-27-23(28(32)35)18(5)24(36-27)26(34)30-20-13-9-7-11-17(20)4/h7-16,22H,6H2,1-5H3,(H,30,34)(H,31,33). The first-order valence-corrected chi connectivity index (χ1v) is 12.8. The molecular formula is C28H30N4O3S. The lowest BCUT2D eigenvalue weighted by atomic mass is 10.0. The van der Waals surface area contributed by atoms with Crippen LogP contribution in [-0.4, -0.2) is 21.4 Å². The number of para-hydroxylation sites is 2. The van der Waals surface area contributed by atoms with E-state index in [-0.39, 0.29) is 23.3 Å². The smallest absolute Gasteiger partial charge is 0.266 e. The Balaban J connectivity index is 1.67. The number of hydrogen-bond acceptors (Lipinski definition) is 5. The third kappa shape index (κ3) is 4.81. The van der Waals surface area contributed by atoms with Gasteiger partial charge in [-0.15, -0.1) is 11.3 Å². The summed E-state index contributed by atoms with van der Waals surface area (Å²) >= 11 is 1.18. The summed E-state index contributed by atoms with van der Waals surface area (Å²) in [5, 5.41) is 6.29. The Labute approximate surface area is 214 Å². The molecule has 36 heavy (non-hydrogen) atoms. The molecule has 186 valence electrons. The number of carbonyl (C=O) groups is 2. The topological polar surface area (TPSA) is 93.1 Å². The highest BCUT2D eigenvalue weighted by Gasteiger charge is 2.25. The number of carbonyl (C=O) groups excluding carboxylic acids is 2. The molecule has 0 aliphatic carbocycles. The Kier molecular flexibility index (Phi) is 7.35. The quantitative estimate of drug-likeness (QED) is 0.322. The van der Waals surface area contributed by atoms with Crippen LogP contribution < -0.4 is 16.2 Å². The fraction of sp³-hybridized carbons (Fsp3) is 0.286. The third-order valence-corrected chi connectivity index (χ3v) is 7.54. The fourth-order valence-corrected chi connectivity index (χ4v) is 5.34. The number of nitrogens with one attached hydrogen (secondary N) is 2. The number of fused-ring (bicyclic) bond motifs is 1. The predicted molar refractivity (Wildman–Crippen MR) is 146 cm³/mol. The fourth-order valence-electron chi connectivity index (χ4n) is 4.31. The van der Waals surface area contributed by atoms with Crippen LogP contribution in [0.5, 0.6) is 0 Å². The molecule has 2 heterocycles. The largest absolute Gasteiger partial charge is 0.324 e. The number of rotatable bonds is 7. The number of thiophene rings is 1. The van der Waals surface area contributed by atoms with E-state index in [0.717, 1.165) is 16.8 Å². The van der Waals surface area contributed by atoms with Crippen LogP contribution >= 0.6 is 11.3 Å². The number of aromatic nitrogens is 2. The second kappa shape index (κ2) is 10.5. The summed E-state index contributed by atoms with van der Waals surface area (Å²) in [6.45, 7) is 9.66. The van der Waals surface area contributed by atoms with Crippen LogP contribution in [0.2, 0.25) is 0 Å². The molecular weight excluding hydrogens is 472 g/mol. The maximum absolute atomic E-state index is 13.5. The number of amides is 2. The van der Waals surface area contributed by atoms with Crippen molar-refractivity contribution in [2.75, 3.05) is 10.6 Å². The van der Waals surface area contributed by atoms with Gasteiger partial charge in [0.25, 0.3) is 11.5 Å². The van der Waals surface area contributed by atoms with Crippen molar-refractivity contribution in [3.05, 3.63) is 86.8 Å². The maximum Gasteiger partial charge on any atom is 0.266 e. The van der Waals surface area contributed by atoms with Crippen LogP contribution in [0.4, 0.5) is 11.4 Å². The van der Waals surface area contributed by atoms with Gasteiger partial charge in [0.15, 0.2) is 0 Å². The van der Waals surface area contributed by atoms with Gasteiger partial charge >= 0.3 is 0 Å². The van der Waals surface area contributed by atoms with Gasteiger partial charge in [-0.2, -0.15) is 0 Å². The minimum absolute atomic E-state index is 0.236. The zero-order chi connectivity index (χ0) is 26.0. The molecule has 8 heteroatoms. The minimum Gasteiger partial charge on any atom is -0.324 e. The Morgan fingerprint density at radius 2 is 1.67 bits per heavy atom. The molecule has 7 nitrogen and oxygen atoms in total. The maximum atomic E-state index is 13.5. The van der Waals surface area contributed by atoms with Gasteiger partial charge in [-0.3, -0.25) is 19.0 Å². The average molecular weight is 503 g/mol. The number of hydrogen-bond donors (Lipinski definition) is 2. The zero-order valence-electron chi connectivity index (χ0n) is 21.1. The van der Waals surface area contributed by atoms with Crippen LogP contribution in [0.1, 0.15) is 65.5 Å². The molecule has 2 aromatic carbocycles. The van der Waals surface area contributed by atoms with E-state index in [0.29, 0.717) is 32.8 Å². The Morgan fingerprint density at radius 1 is 1.00 bits per heavy atom. The van der Waals surface area contributed by atoms with E-state index in [2.05, 4.69) is 29.5 Å². The van der Waals surface area contributed by atoms with Crippen molar-refractivity contribution < 1.29 is 9.59 Å². The van der Waals surface area contributed by atoms with Crippen molar-refractivity contribution in [1.29, 1.82) is 0 Å². The monoisotopic (exact) mass is 502 g/mol. The number of aryl methyl sites for hydroxylation is 2. The van der Waals surface area contributed by atoms with E-state index in [1.165, 1.54) is 22.2 Å². The van der Waals surface area contributed by atoms with Crippen molar-refractivity contribution in [2.45, 2.75) is 53.0 Å². The van der Waals surface area contributed by atoms with Crippen molar-refractivity contribution in [1.82, 2.24) is 9.55 Å². The first-order valence-electron chi connectivity index (χ1n) is 12.0. The number of benzene rings is 2. The molecule has 0 saturated carbocycles. The molecule has 0 aliphatic rings. The Hall–Kier alpha value is -3.78. The number of nitrogens with zero attached hydrogens (tertiary/aromatic N) is 2. The lowest BCUT2D eigenvalue weighted by Gasteiger charge is -2.20. The van der Waals surface area contributed by atoms with Gasteiger partial charge in [0.1, 0.15) is 10.9 Å². The van der Waals surface area contributed by atoms with Crippen LogP contribution in [0, 0.1) is 13.8 Å². The van der Waals surface area contributed by atoms with E-state index in [1.54, 1.807) is 6.92 Å². The molecule has 2 amide bonds. The highest BCUT2D eigenvalue weighted by atomic mass is 32.1. The van der Waals surface area contributed by atoms with Gasteiger partial charge in [-0.05, 0) is 55.0 Å². The molecule has 0 bridgehead atoms. The van der Waals surface area contributed by atoms with Crippen molar-refractivity contribution in [3.8, 4) is 0 Å². The second-order valence-electron chi connectivity index (χ2n) is 9.12. The summed E-state index contributed by atoms with van der Waals surface area (Å²) in [7, 11) is 0. The van der Waals surface area contributed by atoms with Crippen LogP contribution in [0.25, 0.3) is 10.2 Å². The van der Waals surface area contributed by atoms with Gasteiger partial charge in [0.05, 0.1) is 16.6 Å². The summed E-state index contributed by atoms with van der Waals surface area (Å²) in [5.41, 5.74) is 3.66. The van der Waals surface area contributed by atoms with Gasteiger partial charge in [0, 0.05) is 11.4 Å².